The van der Waals surface area contributed by atoms with Gasteiger partial charge in [-0.3, -0.25) is 9.59 Å². The van der Waals surface area contributed by atoms with Gasteiger partial charge < -0.3 is 16.2 Å². The van der Waals surface area contributed by atoms with Gasteiger partial charge in [0, 0.05) is 0 Å². The number of nitrogens with two attached hydrogens (primary N) is 1. The fourth-order valence-electron chi connectivity index (χ4n) is 4.05. The van der Waals surface area contributed by atoms with Gasteiger partial charge in [0.1, 0.15) is 5.69 Å². The second-order valence-corrected chi connectivity index (χ2v) is 8.62. The number of carbonyl (C=O) groups is 2. The normalized spacial score (nSPS) is 12.7. The van der Waals surface area contributed by atoms with Crippen LogP contribution in [0.4, 0.5) is 0 Å². The van der Waals surface area contributed by atoms with Crippen LogP contribution in [0.1, 0.15) is 27.3 Å². The summed E-state index contributed by atoms with van der Waals surface area (Å²) in [6, 6.07) is 26.0. The molecule has 0 saturated carbocycles. The topological polar surface area (TPSA) is 110 Å². The van der Waals surface area contributed by atoms with Gasteiger partial charge in [-0.1, -0.05) is 72.3 Å². The maximum absolute atomic E-state index is 13.3. The summed E-state index contributed by atoms with van der Waals surface area (Å²) in [6.45, 7) is 3.84. The molecule has 1 aromatic heterocycles. The number of aryl methyl sites for hydroxylation is 2. The summed E-state index contributed by atoms with van der Waals surface area (Å²) in [7, 11) is 0. The number of amides is 2. The van der Waals surface area contributed by atoms with Gasteiger partial charge >= 0.3 is 0 Å². The quantitative estimate of drug-likeness (QED) is 0.368. The fraction of sp³-hybridized carbons (Fsp3) is 0.179. The van der Waals surface area contributed by atoms with E-state index in [1.165, 1.54) is 0 Å². The average molecular weight is 469 g/mol. The van der Waals surface area contributed by atoms with E-state index in [0.29, 0.717) is 11.4 Å². The van der Waals surface area contributed by atoms with Gasteiger partial charge in [0.15, 0.2) is 6.10 Å². The van der Waals surface area contributed by atoms with Crippen LogP contribution in [0.2, 0.25) is 0 Å². The van der Waals surface area contributed by atoms with Gasteiger partial charge in [-0.05, 0) is 55.2 Å². The van der Waals surface area contributed by atoms with Crippen molar-refractivity contribution in [3.8, 4) is 16.8 Å². The Kier molecular flexibility index (Phi) is 7.08. The number of aliphatic hydroxyl groups is 1. The maximum atomic E-state index is 13.3. The van der Waals surface area contributed by atoms with Crippen molar-refractivity contribution in [1.82, 2.24) is 15.1 Å². The minimum absolute atomic E-state index is 0.243. The van der Waals surface area contributed by atoms with Crippen molar-refractivity contribution in [2.24, 2.45) is 5.73 Å². The number of benzene rings is 3. The predicted octanol–water partition coefficient (Wildman–Crippen LogP) is 3.34. The van der Waals surface area contributed by atoms with Crippen molar-refractivity contribution in [2.45, 2.75) is 32.4 Å². The molecule has 3 aromatic carbocycles. The van der Waals surface area contributed by atoms with E-state index in [4.69, 9.17) is 5.73 Å². The molecule has 4 aromatic rings. The average Bonchev–Trinajstić information content (AvgIpc) is 3.25. The zero-order valence-corrected chi connectivity index (χ0v) is 19.7. The standard InChI is InChI=1S/C28H28N4O3/c1-18-8-6-11-21(14-18)22-12-7-13-23(17-22)32-25(15-19(2)31-32)28(35)30-24(26(33)27(29)34)16-20-9-4-3-5-10-20/h3-15,17,24,26,33H,16H2,1-2H3,(H2,29,34)(H,30,35)/t24-,26?/m0/s1. The lowest BCUT2D eigenvalue weighted by Crippen LogP contribution is -2.50. The number of rotatable bonds is 8. The van der Waals surface area contributed by atoms with Gasteiger partial charge in [0.05, 0.1) is 17.4 Å². The van der Waals surface area contributed by atoms with Crippen LogP contribution in [0.15, 0.2) is 84.9 Å². The van der Waals surface area contributed by atoms with Crippen molar-refractivity contribution in [3.63, 3.8) is 0 Å². The second kappa shape index (κ2) is 10.4. The van der Waals surface area contributed by atoms with Crippen molar-refractivity contribution in [2.75, 3.05) is 0 Å². The molecule has 0 fully saturated rings. The van der Waals surface area contributed by atoms with Gasteiger partial charge in [0.2, 0.25) is 5.91 Å². The Morgan fingerprint density at radius 3 is 2.31 bits per heavy atom. The molecular formula is C28H28N4O3. The van der Waals surface area contributed by atoms with E-state index in [9.17, 15) is 14.7 Å². The smallest absolute Gasteiger partial charge is 0.270 e. The van der Waals surface area contributed by atoms with E-state index in [0.717, 1.165) is 27.9 Å². The lowest BCUT2D eigenvalue weighted by atomic mass is 10.0. The summed E-state index contributed by atoms with van der Waals surface area (Å²) in [5.41, 5.74) is 11.1. The van der Waals surface area contributed by atoms with Crippen molar-refractivity contribution in [1.29, 1.82) is 0 Å². The molecule has 35 heavy (non-hydrogen) atoms. The molecule has 1 heterocycles. The molecule has 0 radical (unpaired) electrons. The number of primary amides is 1. The third-order valence-electron chi connectivity index (χ3n) is 5.79. The SMILES string of the molecule is Cc1cccc(-c2cccc(-n3nc(C)cc3C(=O)N[C@@H](Cc3ccccc3)C(O)C(N)=O)c2)c1. The van der Waals surface area contributed by atoms with Crippen LogP contribution in [0.25, 0.3) is 16.8 Å². The second-order valence-electron chi connectivity index (χ2n) is 8.62. The van der Waals surface area contributed by atoms with Gasteiger partial charge in [-0.2, -0.15) is 5.10 Å². The Balaban J connectivity index is 1.64. The highest BCUT2D eigenvalue weighted by Gasteiger charge is 2.28. The molecule has 0 aliphatic heterocycles. The van der Waals surface area contributed by atoms with Crippen molar-refractivity contribution in [3.05, 3.63) is 107 Å². The number of hydrogen-bond donors (Lipinski definition) is 3. The van der Waals surface area contributed by atoms with E-state index < -0.39 is 24.0 Å². The molecule has 2 atom stereocenters. The molecule has 0 spiro atoms. The van der Waals surface area contributed by atoms with E-state index in [2.05, 4.69) is 16.5 Å². The number of carbonyl (C=O) groups excluding carboxylic acids is 2. The summed E-state index contributed by atoms with van der Waals surface area (Å²) in [5, 5.41) is 17.7. The minimum Gasteiger partial charge on any atom is -0.381 e. The molecule has 0 aliphatic carbocycles. The number of hydrogen-bond acceptors (Lipinski definition) is 4. The molecule has 1 unspecified atom stereocenters. The van der Waals surface area contributed by atoms with E-state index in [1.54, 1.807) is 17.7 Å². The molecule has 7 nitrogen and oxygen atoms in total. The fourth-order valence-corrected chi connectivity index (χ4v) is 4.05. The lowest BCUT2D eigenvalue weighted by Gasteiger charge is -2.22. The summed E-state index contributed by atoms with van der Waals surface area (Å²) in [4.78, 5) is 25.1. The van der Waals surface area contributed by atoms with Crippen LogP contribution in [0, 0.1) is 13.8 Å². The van der Waals surface area contributed by atoms with E-state index in [1.807, 2.05) is 79.7 Å². The highest BCUT2D eigenvalue weighted by atomic mass is 16.3. The van der Waals surface area contributed by atoms with Crippen LogP contribution in [-0.4, -0.2) is 38.8 Å². The Morgan fingerprint density at radius 2 is 1.63 bits per heavy atom. The first-order valence-electron chi connectivity index (χ1n) is 11.4. The molecule has 0 saturated heterocycles. The maximum Gasteiger partial charge on any atom is 0.270 e. The first-order valence-corrected chi connectivity index (χ1v) is 11.4. The largest absolute Gasteiger partial charge is 0.381 e. The lowest BCUT2D eigenvalue weighted by molar-refractivity contribution is -0.127. The molecular weight excluding hydrogens is 440 g/mol. The molecule has 178 valence electrons. The van der Waals surface area contributed by atoms with Crippen LogP contribution >= 0.6 is 0 Å². The molecule has 4 rings (SSSR count). The minimum atomic E-state index is -1.54. The summed E-state index contributed by atoms with van der Waals surface area (Å²) < 4.78 is 1.57. The molecule has 0 aliphatic rings. The predicted molar refractivity (Wildman–Crippen MR) is 135 cm³/mol. The number of nitrogens with zero attached hydrogens (tertiary/aromatic N) is 2. The highest BCUT2D eigenvalue weighted by molar-refractivity contribution is 5.94. The van der Waals surface area contributed by atoms with Gasteiger partial charge in [0.25, 0.3) is 5.91 Å². The first kappa shape index (κ1) is 23.9. The highest BCUT2D eigenvalue weighted by Crippen LogP contribution is 2.24. The van der Waals surface area contributed by atoms with Crippen LogP contribution in [-0.2, 0) is 11.2 Å². The van der Waals surface area contributed by atoms with Crippen molar-refractivity contribution >= 4 is 11.8 Å². The monoisotopic (exact) mass is 468 g/mol. The third-order valence-corrected chi connectivity index (χ3v) is 5.79. The van der Waals surface area contributed by atoms with Crippen LogP contribution < -0.4 is 11.1 Å². The summed E-state index contributed by atoms with van der Waals surface area (Å²) in [5.74, 6) is -1.37. The van der Waals surface area contributed by atoms with Crippen molar-refractivity contribution < 1.29 is 14.7 Å². The molecule has 2 amide bonds. The first-order chi connectivity index (χ1) is 16.8. The summed E-state index contributed by atoms with van der Waals surface area (Å²) in [6.07, 6.45) is -1.30. The van der Waals surface area contributed by atoms with E-state index >= 15 is 0 Å². The molecule has 7 heteroatoms. The zero-order valence-electron chi connectivity index (χ0n) is 19.7. The Labute approximate surface area is 204 Å². The third kappa shape index (κ3) is 5.65. The van der Waals surface area contributed by atoms with Gasteiger partial charge in [-0.25, -0.2) is 4.68 Å². The Hall–Kier alpha value is -4.23. The number of aliphatic hydroxyl groups excluding tert-OH is 1. The van der Waals surface area contributed by atoms with E-state index in [-0.39, 0.29) is 6.42 Å². The van der Waals surface area contributed by atoms with Crippen LogP contribution in [0.5, 0.6) is 0 Å². The zero-order chi connectivity index (χ0) is 24.9. The van der Waals surface area contributed by atoms with Crippen LogP contribution in [0.3, 0.4) is 0 Å². The Bertz CT molecular complexity index is 1350. The molecule has 0 bridgehead atoms. The Morgan fingerprint density at radius 1 is 0.943 bits per heavy atom. The summed E-state index contributed by atoms with van der Waals surface area (Å²) >= 11 is 0. The number of aromatic nitrogens is 2. The number of nitrogens with one attached hydrogen (secondary N) is 1. The molecule has 4 N–H and O–H groups in total. The van der Waals surface area contributed by atoms with Gasteiger partial charge in [-0.15, -0.1) is 0 Å².